The fourth-order valence-corrected chi connectivity index (χ4v) is 2.28. The lowest BCUT2D eigenvalue weighted by molar-refractivity contribution is 0.100. The number of nitrogen functional groups attached to an aromatic ring is 1. The quantitative estimate of drug-likeness (QED) is 0.756. The zero-order chi connectivity index (χ0) is 14.9. The third kappa shape index (κ3) is 2.81. The number of amides is 1. The highest BCUT2D eigenvalue weighted by Crippen LogP contribution is 2.34. The van der Waals surface area contributed by atoms with Crippen molar-refractivity contribution in [2.45, 2.75) is 6.92 Å². The first-order valence-electron chi connectivity index (χ1n) is 5.81. The van der Waals surface area contributed by atoms with Gasteiger partial charge in [0.1, 0.15) is 0 Å². The molecule has 6 heteroatoms. The first-order chi connectivity index (χ1) is 9.40. The number of hydrogen-bond acceptors (Lipinski definition) is 3. The molecule has 0 aliphatic carbocycles. The van der Waals surface area contributed by atoms with Crippen molar-refractivity contribution in [3.8, 4) is 0 Å². The normalized spacial score (nSPS) is 10.3. The van der Waals surface area contributed by atoms with Gasteiger partial charge in [0, 0.05) is 16.4 Å². The van der Waals surface area contributed by atoms with Crippen molar-refractivity contribution in [1.82, 2.24) is 0 Å². The van der Waals surface area contributed by atoms with Gasteiger partial charge in [-0.25, -0.2) is 0 Å². The summed E-state index contributed by atoms with van der Waals surface area (Å²) in [4.78, 5) is 11.5. The molecule has 2 aromatic carbocycles. The van der Waals surface area contributed by atoms with E-state index < -0.39 is 5.91 Å². The maximum absolute atomic E-state index is 11.5. The van der Waals surface area contributed by atoms with Crippen LogP contribution in [0.15, 0.2) is 30.3 Å². The van der Waals surface area contributed by atoms with Crippen LogP contribution >= 0.6 is 23.2 Å². The van der Waals surface area contributed by atoms with E-state index in [0.29, 0.717) is 21.4 Å². The molecule has 0 unspecified atom stereocenters. The second kappa shape index (κ2) is 5.61. The number of carbonyl (C=O) groups is 1. The fourth-order valence-electron chi connectivity index (χ4n) is 1.83. The van der Waals surface area contributed by atoms with E-state index in [4.69, 9.17) is 34.7 Å². The highest BCUT2D eigenvalue weighted by molar-refractivity contribution is 6.35. The van der Waals surface area contributed by atoms with E-state index in [9.17, 15) is 4.79 Å². The van der Waals surface area contributed by atoms with E-state index >= 15 is 0 Å². The monoisotopic (exact) mass is 309 g/mol. The van der Waals surface area contributed by atoms with Gasteiger partial charge in [-0.1, -0.05) is 29.3 Å². The van der Waals surface area contributed by atoms with E-state index in [-0.39, 0.29) is 5.56 Å². The lowest BCUT2D eigenvalue weighted by atomic mass is 10.1. The smallest absolute Gasteiger partial charge is 0.250 e. The Labute approximate surface area is 126 Å². The molecule has 0 aliphatic heterocycles. The summed E-state index contributed by atoms with van der Waals surface area (Å²) in [5, 5.41) is 4.02. The first-order valence-corrected chi connectivity index (χ1v) is 6.56. The minimum atomic E-state index is -0.610. The van der Waals surface area contributed by atoms with Crippen LogP contribution in [0.3, 0.4) is 0 Å². The number of rotatable bonds is 3. The van der Waals surface area contributed by atoms with Crippen molar-refractivity contribution in [2.75, 3.05) is 11.1 Å². The van der Waals surface area contributed by atoms with Crippen LogP contribution in [0.5, 0.6) is 0 Å². The summed E-state index contributed by atoms with van der Waals surface area (Å²) in [6.07, 6.45) is 0. The molecular formula is C14H13Cl2N3O. The van der Waals surface area contributed by atoms with Crippen LogP contribution in [0, 0.1) is 6.92 Å². The largest absolute Gasteiger partial charge is 0.399 e. The average molecular weight is 310 g/mol. The van der Waals surface area contributed by atoms with Crippen molar-refractivity contribution in [3.05, 3.63) is 51.5 Å². The number of primary amides is 1. The van der Waals surface area contributed by atoms with Crippen molar-refractivity contribution < 1.29 is 4.79 Å². The molecule has 0 fully saturated rings. The van der Waals surface area contributed by atoms with Crippen LogP contribution in [0.25, 0.3) is 0 Å². The van der Waals surface area contributed by atoms with Gasteiger partial charge in [0.05, 0.1) is 16.3 Å². The number of nitrogens with one attached hydrogen (secondary N) is 1. The van der Waals surface area contributed by atoms with Crippen molar-refractivity contribution in [3.63, 3.8) is 0 Å². The molecule has 2 rings (SSSR count). The molecule has 1 amide bonds. The maximum Gasteiger partial charge on any atom is 0.250 e. The van der Waals surface area contributed by atoms with Crippen molar-refractivity contribution in [2.24, 2.45) is 5.73 Å². The molecule has 20 heavy (non-hydrogen) atoms. The molecule has 2 aromatic rings. The molecule has 0 saturated heterocycles. The molecule has 0 spiro atoms. The van der Waals surface area contributed by atoms with E-state index in [0.717, 1.165) is 11.3 Å². The SMILES string of the molecule is Cc1c(Cl)cccc1Nc1c(Cl)cc(N)cc1C(N)=O. The zero-order valence-corrected chi connectivity index (χ0v) is 12.2. The van der Waals surface area contributed by atoms with E-state index in [1.807, 2.05) is 13.0 Å². The summed E-state index contributed by atoms with van der Waals surface area (Å²) < 4.78 is 0. The number of anilines is 3. The number of nitrogens with two attached hydrogens (primary N) is 2. The fraction of sp³-hybridized carbons (Fsp3) is 0.0714. The minimum Gasteiger partial charge on any atom is -0.399 e. The second-order valence-corrected chi connectivity index (χ2v) is 5.14. The summed E-state index contributed by atoms with van der Waals surface area (Å²) in [5.41, 5.74) is 13.6. The molecular weight excluding hydrogens is 297 g/mol. The molecule has 5 N–H and O–H groups in total. The van der Waals surface area contributed by atoms with Gasteiger partial charge in [-0.2, -0.15) is 0 Å². The van der Waals surface area contributed by atoms with E-state index in [2.05, 4.69) is 5.32 Å². The number of halogens is 2. The van der Waals surface area contributed by atoms with Crippen LogP contribution in [0.4, 0.5) is 17.1 Å². The third-order valence-corrected chi connectivity index (χ3v) is 3.61. The molecule has 104 valence electrons. The predicted molar refractivity (Wildman–Crippen MR) is 83.9 cm³/mol. The van der Waals surface area contributed by atoms with Gasteiger partial charge >= 0.3 is 0 Å². The third-order valence-electron chi connectivity index (χ3n) is 2.91. The molecule has 0 aromatic heterocycles. The van der Waals surface area contributed by atoms with Gasteiger partial charge < -0.3 is 16.8 Å². The molecule has 0 radical (unpaired) electrons. The molecule has 0 saturated carbocycles. The Bertz CT molecular complexity index is 686. The van der Waals surface area contributed by atoms with Gasteiger partial charge in [0.15, 0.2) is 0 Å². The Hall–Kier alpha value is -1.91. The lowest BCUT2D eigenvalue weighted by Crippen LogP contribution is -2.14. The Kier molecular flexibility index (Phi) is 4.06. The second-order valence-electron chi connectivity index (χ2n) is 4.33. The summed E-state index contributed by atoms with van der Waals surface area (Å²) in [7, 11) is 0. The summed E-state index contributed by atoms with van der Waals surface area (Å²) in [6, 6.07) is 8.44. The highest BCUT2D eigenvalue weighted by atomic mass is 35.5. The van der Waals surface area contributed by atoms with E-state index in [1.165, 1.54) is 6.07 Å². The van der Waals surface area contributed by atoms with Gasteiger partial charge in [-0.15, -0.1) is 0 Å². The van der Waals surface area contributed by atoms with Crippen LogP contribution in [-0.2, 0) is 0 Å². The highest BCUT2D eigenvalue weighted by Gasteiger charge is 2.14. The molecule has 0 bridgehead atoms. The van der Waals surface area contributed by atoms with Crippen LogP contribution in [0.2, 0.25) is 10.0 Å². The minimum absolute atomic E-state index is 0.231. The van der Waals surface area contributed by atoms with Crippen LogP contribution in [0.1, 0.15) is 15.9 Å². The Morgan fingerprint density at radius 1 is 1.20 bits per heavy atom. The van der Waals surface area contributed by atoms with Gasteiger partial charge in [-0.05, 0) is 36.8 Å². The Morgan fingerprint density at radius 2 is 1.90 bits per heavy atom. The lowest BCUT2D eigenvalue weighted by Gasteiger charge is -2.15. The number of hydrogen-bond donors (Lipinski definition) is 3. The van der Waals surface area contributed by atoms with Gasteiger partial charge in [0.25, 0.3) is 5.91 Å². The van der Waals surface area contributed by atoms with Crippen molar-refractivity contribution >= 4 is 46.2 Å². The maximum atomic E-state index is 11.5. The predicted octanol–water partition coefficient (Wildman–Crippen LogP) is 3.73. The van der Waals surface area contributed by atoms with Crippen LogP contribution < -0.4 is 16.8 Å². The number of benzene rings is 2. The first kappa shape index (κ1) is 14.5. The molecule has 0 atom stereocenters. The summed E-state index contributed by atoms with van der Waals surface area (Å²) in [6.45, 7) is 1.86. The van der Waals surface area contributed by atoms with Gasteiger partial charge in [0.2, 0.25) is 0 Å². The molecule has 0 aliphatic rings. The topological polar surface area (TPSA) is 81.1 Å². The molecule has 4 nitrogen and oxygen atoms in total. The Morgan fingerprint density at radius 3 is 2.55 bits per heavy atom. The zero-order valence-electron chi connectivity index (χ0n) is 10.7. The van der Waals surface area contributed by atoms with Gasteiger partial charge in [-0.3, -0.25) is 4.79 Å². The summed E-state index contributed by atoms with van der Waals surface area (Å²) >= 11 is 12.2. The van der Waals surface area contributed by atoms with Crippen LogP contribution in [-0.4, -0.2) is 5.91 Å². The molecule has 0 heterocycles. The average Bonchev–Trinajstić information content (AvgIpc) is 2.37. The standard InChI is InChI=1S/C14H13Cl2N3O/c1-7-10(15)3-2-4-12(7)19-13-9(14(18)20)5-8(17)6-11(13)16/h2-6,19H,17H2,1H3,(H2,18,20). The van der Waals surface area contributed by atoms with Crippen molar-refractivity contribution in [1.29, 1.82) is 0 Å². The van der Waals surface area contributed by atoms with E-state index in [1.54, 1.807) is 18.2 Å². The number of carbonyl (C=O) groups excluding carboxylic acids is 1. The Balaban J connectivity index is 2.53. The summed E-state index contributed by atoms with van der Waals surface area (Å²) in [5.74, 6) is -0.610.